The second kappa shape index (κ2) is 5.80. The summed E-state index contributed by atoms with van der Waals surface area (Å²) in [7, 11) is 1.35. The maximum Gasteiger partial charge on any atom is 0.338 e. The molecule has 0 aliphatic carbocycles. The minimum atomic E-state index is -0.372. The fraction of sp³-hybridized carbons (Fsp3) is 0.500. The molecule has 0 saturated heterocycles. The average molecular weight is 240 g/mol. The molecule has 1 aromatic heterocycles. The van der Waals surface area contributed by atoms with E-state index < -0.39 is 0 Å². The van der Waals surface area contributed by atoms with Crippen LogP contribution in [0.1, 0.15) is 51.8 Å². The molecule has 0 spiro atoms. The summed E-state index contributed by atoms with van der Waals surface area (Å²) in [5, 5.41) is 1.69. The smallest absolute Gasteiger partial charge is 0.338 e. The number of unbranched alkanes of at least 4 members (excludes halogenated alkanes) is 1. The molecule has 0 N–H and O–H groups in total. The predicted molar refractivity (Wildman–Crippen MR) is 64.3 cm³/mol. The number of methoxy groups -OCH3 is 1. The van der Waals surface area contributed by atoms with Crippen LogP contribution >= 0.6 is 11.3 Å². The van der Waals surface area contributed by atoms with E-state index in [1.807, 2.05) is 0 Å². The number of thiophene rings is 1. The van der Waals surface area contributed by atoms with E-state index in [9.17, 15) is 9.59 Å². The van der Waals surface area contributed by atoms with Gasteiger partial charge in [0, 0.05) is 11.8 Å². The molecule has 88 valence electrons. The Morgan fingerprint density at radius 2 is 2.12 bits per heavy atom. The first-order valence-corrected chi connectivity index (χ1v) is 6.19. The van der Waals surface area contributed by atoms with Gasteiger partial charge in [0.25, 0.3) is 0 Å². The number of carbonyl (C=O) groups excluding carboxylic acids is 2. The van der Waals surface area contributed by atoms with Crippen LogP contribution in [0.3, 0.4) is 0 Å². The molecular formula is C12H16O3S. The Hall–Kier alpha value is -1.16. The number of hydrogen-bond acceptors (Lipinski definition) is 4. The van der Waals surface area contributed by atoms with Crippen molar-refractivity contribution in [2.24, 2.45) is 0 Å². The number of carbonyl (C=O) groups is 2. The number of rotatable bonds is 5. The molecule has 0 radical (unpaired) electrons. The van der Waals surface area contributed by atoms with E-state index in [1.54, 1.807) is 12.3 Å². The monoisotopic (exact) mass is 240 g/mol. The van der Waals surface area contributed by atoms with Crippen LogP contribution in [0.15, 0.2) is 5.38 Å². The van der Waals surface area contributed by atoms with Gasteiger partial charge in [0.15, 0.2) is 5.78 Å². The summed E-state index contributed by atoms with van der Waals surface area (Å²) in [6, 6.07) is 0. The lowest BCUT2D eigenvalue weighted by molar-refractivity contribution is 0.0600. The average Bonchev–Trinajstić information content (AvgIpc) is 2.67. The van der Waals surface area contributed by atoms with E-state index in [-0.39, 0.29) is 11.8 Å². The molecule has 0 fully saturated rings. The van der Waals surface area contributed by atoms with Crippen LogP contribution in [0.4, 0.5) is 0 Å². The van der Waals surface area contributed by atoms with E-state index in [0.29, 0.717) is 16.9 Å². The molecule has 0 atom stereocenters. The molecule has 1 heterocycles. The van der Waals surface area contributed by atoms with Crippen molar-refractivity contribution in [1.29, 1.82) is 0 Å². The topological polar surface area (TPSA) is 43.4 Å². The van der Waals surface area contributed by atoms with Gasteiger partial charge in [-0.25, -0.2) is 4.79 Å². The van der Waals surface area contributed by atoms with Gasteiger partial charge in [0.2, 0.25) is 0 Å². The zero-order valence-corrected chi connectivity index (χ0v) is 10.6. The Kier molecular flexibility index (Phi) is 4.68. The van der Waals surface area contributed by atoms with Crippen molar-refractivity contribution in [2.75, 3.05) is 7.11 Å². The van der Waals surface area contributed by atoms with Crippen molar-refractivity contribution in [2.45, 2.75) is 33.1 Å². The third-order valence-electron chi connectivity index (χ3n) is 2.46. The highest BCUT2D eigenvalue weighted by molar-refractivity contribution is 7.12. The summed E-state index contributed by atoms with van der Waals surface area (Å²) in [5.41, 5.74) is 1.25. The van der Waals surface area contributed by atoms with Gasteiger partial charge in [0.05, 0.1) is 17.6 Å². The first-order chi connectivity index (χ1) is 7.61. The second-order valence-electron chi connectivity index (χ2n) is 3.62. The molecule has 0 unspecified atom stereocenters. The quantitative estimate of drug-likeness (QED) is 0.586. The predicted octanol–water partition coefficient (Wildman–Crippen LogP) is 3.22. The van der Waals surface area contributed by atoms with Gasteiger partial charge >= 0.3 is 5.97 Å². The summed E-state index contributed by atoms with van der Waals surface area (Å²) in [6.07, 6.45) is 2.45. The Morgan fingerprint density at radius 1 is 1.44 bits per heavy atom. The number of esters is 1. The lowest BCUT2D eigenvalue weighted by atomic mass is 10.1. The lowest BCUT2D eigenvalue weighted by Crippen LogP contribution is -2.04. The summed E-state index contributed by atoms with van der Waals surface area (Å²) >= 11 is 1.33. The molecule has 16 heavy (non-hydrogen) atoms. The van der Waals surface area contributed by atoms with Gasteiger partial charge in [0.1, 0.15) is 0 Å². The van der Waals surface area contributed by atoms with E-state index in [1.165, 1.54) is 18.4 Å². The molecule has 0 aliphatic heterocycles. The van der Waals surface area contributed by atoms with Gasteiger partial charge in [-0.15, -0.1) is 11.3 Å². The summed E-state index contributed by atoms with van der Waals surface area (Å²) in [5.74, 6) is -0.247. The first-order valence-electron chi connectivity index (χ1n) is 5.31. The molecule has 1 aromatic rings. The van der Waals surface area contributed by atoms with Crippen LogP contribution < -0.4 is 0 Å². The normalized spacial score (nSPS) is 10.2. The minimum Gasteiger partial charge on any atom is -0.465 e. The highest BCUT2D eigenvalue weighted by Gasteiger charge is 2.18. The lowest BCUT2D eigenvalue weighted by Gasteiger charge is -2.00. The van der Waals surface area contributed by atoms with E-state index in [4.69, 9.17) is 0 Å². The molecule has 4 heteroatoms. The van der Waals surface area contributed by atoms with Gasteiger partial charge in [-0.1, -0.05) is 13.3 Å². The molecule has 0 aromatic carbocycles. The summed E-state index contributed by atoms with van der Waals surface area (Å²) in [6.45, 7) is 3.84. The van der Waals surface area contributed by atoms with E-state index in [0.717, 1.165) is 18.4 Å². The van der Waals surface area contributed by atoms with Crippen molar-refractivity contribution in [3.8, 4) is 0 Å². The van der Waals surface area contributed by atoms with Crippen molar-refractivity contribution in [3.05, 3.63) is 21.4 Å². The molecule has 1 rings (SSSR count). The summed E-state index contributed by atoms with van der Waals surface area (Å²) in [4.78, 5) is 23.9. The van der Waals surface area contributed by atoms with Crippen LogP contribution in [-0.2, 0) is 4.74 Å². The van der Waals surface area contributed by atoms with Gasteiger partial charge in [-0.3, -0.25) is 4.79 Å². The summed E-state index contributed by atoms with van der Waals surface area (Å²) < 4.78 is 4.65. The first kappa shape index (κ1) is 12.9. The third-order valence-corrected chi connectivity index (χ3v) is 3.58. The van der Waals surface area contributed by atoms with E-state index >= 15 is 0 Å². The Balaban J connectivity index is 2.87. The standard InChI is InChI=1S/C12H16O3S/c1-4-5-6-10(13)11-8(2)9(7-16-11)12(14)15-3/h7H,4-6H2,1-3H3. The number of ether oxygens (including phenoxy) is 1. The van der Waals surface area contributed by atoms with Crippen LogP contribution in [-0.4, -0.2) is 18.9 Å². The van der Waals surface area contributed by atoms with E-state index in [2.05, 4.69) is 11.7 Å². The maximum absolute atomic E-state index is 11.8. The number of hydrogen-bond donors (Lipinski definition) is 0. The van der Waals surface area contributed by atoms with Crippen molar-refractivity contribution >= 4 is 23.1 Å². The Labute approximate surface area is 99.4 Å². The van der Waals surface area contributed by atoms with Crippen LogP contribution in [0.2, 0.25) is 0 Å². The van der Waals surface area contributed by atoms with Crippen LogP contribution in [0.25, 0.3) is 0 Å². The highest BCUT2D eigenvalue weighted by Crippen LogP contribution is 2.24. The fourth-order valence-corrected chi connectivity index (χ4v) is 2.48. The van der Waals surface area contributed by atoms with Gasteiger partial charge in [-0.2, -0.15) is 0 Å². The maximum atomic E-state index is 11.8. The van der Waals surface area contributed by atoms with Crippen LogP contribution in [0.5, 0.6) is 0 Å². The zero-order chi connectivity index (χ0) is 12.1. The van der Waals surface area contributed by atoms with Crippen molar-refractivity contribution in [3.63, 3.8) is 0 Å². The second-order valence-corrected chi connectivity index (χ2v) is 4.50. The highest BCUT2D eigenvalue weighted by atomic mass is 32.1. The van der Waals surface area contributed by atoms with Gasteiger partial charge < -0.3 is 4.74 Å². The zero-order valence-electron chi connectivity index (χ0n) is 9.83. The van der Waals surface area contributed by atoms with Gasteiger partial charge in [-0.05, 0) is 18.9 Å². The molecular weight excluding hydrogens is 224 g/mol. The van der Waals surface area contributed by atoms with Crippen molar-refractivity contribution < 1.29 is 14.3 Å². The van der Waals surface area contributed by atoms with Crippen molar-refractivity contribution in [1.82, 2.24) is 0 Å². The molecule has 0 saturated carbocycles. The Bertz CT molecular complexity index is 393. The number of ketones is 1. The molecule has 0 amide bonds. The minimum absolute atomic E-state index is 0.125. The molecule has 3 nitrogen and oxygen atoms in total. The fourth-order valence-electron chi connectivity index (χ4n) is 1.45. The largest absolute Gasteiger partial charge is 0.465 e. The Morgan fingerprint density at radius 3 is 2.69 bits per heavy atom. The molecule has 0 aliphatic rings. The SMILES string of the molecule is CCCCC(=O)c1scc(C(=O)OC)c1C. The number of Topliss-reactive ketones (excluding diaryl/α,β-unsaturated/α-hetero) is 1. The third kappa shape index (κ3) is 2.70. The molecule has 0 bridgehead atoms. The van der Waals surface area contributed by atoms with Crippen LogP contribution in [0, 0.1) is 6.92 Å².